The van der Waals surface area contributed by atoms with Gasteiger partial charge in [0, 0.05) is 5.56 Å². The molecule has 2 aromatic carbocycles. The molecule has 0 unspecified atom stereocenters. The number of aryl methyl sites for hydroxylation is 2. The van der Waals surface area contributed by atoms with E-state index in [1.165, 1.54) is 0 Å². The summed E-state index contributed by atoms with van der Waals surface area (Å²) in [5.74, 6) is -0.141. The minimum absolute atomic E-state index is 0.141. The fourth-order valence-corrected chi connectivity index (χ4v) is 2.53. The molecule has 0 heterocycles. The standard InChI is InChI=1S/C15H12Cl2O/c1-9-6-10(2)8-11(7-9)15(18)14-12(16)4-3-5-13(14)17/h3-8H,1-2H3. The first-order chi connectivity index (χ1) is 8.49. The summed E-state index contributed by atoms with van der Waals surface area (Å²) in [5, 5.41) is 0.762. The molecule has 92 valence electrons. The van der Waals surface area contributed by atoms with Crippen molar-refractivity contribution in [2.24, 2.45) is 0 Å². The number of halogens is 2. The molecule has 18 heavy (non-hydrogen) atoms. The van der Waals surface area contributed by atoms with Crippen molar-refractivity contribution in [3.05, 3.63) is 68.7 Å². The second kappa shape index (κ2) is 5.13. The lowest BCUT2D eigenvalue weighted by Crippen LogP contribution is -2.04. The van der Waals surface area contributed by atoms with Crippen molar-refractivity contribution in [2.75, 3.05) is 0 Å². The summed E-state index contributed by atoms with van der Waals surface area (Å²) in [5.41, 5.74) is 3.07. The van der Waals surface area contributed by atoms with Crippen molar-refractivity contribution in [1.29, 1.82) is 0 Å². The first-order valence-electron chi connectivity index (χ1n) is 5.56. The van der Waals surface area contributed by atoms with Crippen molar-refractivity contribution in [2.45, 2.75) is 13.8 Å². The smallest absolute Gasteiger partial charge is 0.196 e. The van der Waals surface area contributed by atoms with Crippen molar-refractivity contribution in [3.8, 4) is 0 Å². The molecule has 2 rings (SSSR count). The van der Waals surface area contributed by atoms with Crippen molar-refractivity contribution < 1.29 is 4.79 Å². The van der Waals surface area contributed by atoms with Gasteiger partial charge in [-0.3, -0.25) is 4.79 Å². The van der Waals surface area contributed by atoms with Crippen LogP contribution in [0.2, 0.25) is 10.0 Å². The van der Waals surface area contributed by atoms with E-state index in [9.17, 15) is 4.79 Å². The first-order valence-corrected chi connectivity index (χ1v) is 6.31. The average Bonchev–Trinajstić information content (AvgIpc) is 2.27. The third-order valence-corrected chi connectivity index (χ3v) is 3.30. The Labute approximate surface area is 116 Å². The lowest BCUT2D eigenvalue weighted by atomic mass is 9.99. The minimum Gasteiger partial charge on any atom is -0.288 e. The predicted octanol–water partition coefficient (Wildman–Crippen LogP) is 4.84. The minimum atomic E-state index is -0.141. The number of hydrogen-bond acceptors (Lipinski definition) is 1. The van der Waals surface area contributed by atoms with E-state index in [2.05, 4.69) is 0 Å². The van der Waals surface area contributed by atoms with Crippen LogP contribution in [0.25, 0.3) is 0 Å². The van der Waals surface area contributed by atoms with E-state index in [1.54, 1.807) is 18.2 Å². The number of ketones is 1. The molecule has 0 radical (unpaired) electrons. The Morgan fingerprint density at radius 3 is 1.94 bits per heavy atom. The fourth-order valence-electron chi connectivity index (χ4n) is 1.96. The van der Waals surface area contributed by atoms with E-state index in [1.807, 2.05) is 32.0 Å². The zero-order valence-electron chi connectivity index (χ0n) is 10.1. The average molecular weight is 279 g/mol. The highest BCUT2D eigenvalue weighted by Crippen LogP contribution is 2.27. The van der Waals surface area contributed by atoms with Gasteiger partial charge in [0.1, 0.15) is 0 Å². The van der Waals surface area contributed by atoms with Gasteiger partial charge in [-0.1, -0.05) is 46.5 Å². The van der Waals surface area contributed by atoms with Crippen LogP contribution in [-0.4, -0.2) is 5.78 Å². The largest absolute Gasteiger partial charge is 0.288 e. The molecule has 3 heteroatoms. The Hall–Kier alpha value is -1.31. The van der Waals surface area contributed by atoms with Crippen LogP contribution in [0, 0.1) is 13.8 Å². The van der Waals surface area contributed by atoms with Crippen LogP contribution in [0.3, 0.4) is 0 Å². The highest BCUT2D eigenvalue weighted by Gasteiger charge is 2.16. The zero-order chi connectivity index (χ0) is 13.3. The summed E-state index contributed by atoms with van der Waals surface area (Å²) in [6.45, 7) is 3.91. The molecule has 0 aromatic heterocycles. The zero-order valence-corrected chi connectivity index (χ0v) is 11.6. The maximum Gasteiger partial charge on any atom is 0.196 e. The molecular formula is C15H12Cl2O. The maximum atomic E-state index is 12.4. The topological polar surface area (TPSA) is 17.1 Å². The Balaban J connectivity index is 2.55. The van der Waals surface area contributed by atoms with Gasteiger partial charge in [-0.15, -0.1) is 0 Å². The fraction of sp³-hybridized carbons (Fsp3) is 0.133. The van der Waals surface area contributed by atoms with Crippen LogP contribution in [0.5, 0.6) is 0 Å². The molecule has 0 aliphatic heterocycles. The van der Waals surface area contributed by atoms with Crippen molar-refractivity contribution >= 4 is 29.0 Å². The summed E-state index contributed by atoms with van der Waals surface area (Å²) in [6.07, 6.45) is 0. The van der Waals surface area contributed by atoms with Crippen LogP contribution >= 0.6 is 23.2 Å². The summed E-state index contributed by atoms with van der Waals surface area (Å²) < 4.78 is 0. The lowest BCUT2D eigenvalue weighted by Gasteiger charge is -2.07. The van der Waals surface area contributed by atoms with E-state index in [0.29, 0.717) is 21.2 Å². The van der Waals surface area contributed by atoms with Gasteiger partial charge in [0.2, 0.25) is 0 Å². The number of carbonyl (C=O) groups excluding carboxylic acids is 1. The Bertz CT molecular complexity index is 577. The van der Waals surface area contributed by atoms with Crippen molar-refractivity contribution in [3.63, 3.8) is 0 Å². The van der Waals surface area contributed by atoms with Gasteiger partial charge >= 0.3 is 0 Å². The Morgan fingerprint density at radius 1 is 0.944 bits per heavy atom. The summed E-state index contributed by atoms with van der Waals surface area (Å²) >= 11 is 12.1. The van der Waals surface area contributed by atoms with E-state index < -0.39 is 0 Å². The number of hydrogen-bond donors (Lipinski definition) is 0. The van der Waals surface area contributed by atoms with Crippen LogP contribution in [0.1, 0.15) is 27.0 Å². The SMILES string of the molecule is Cc1cc(C)cc(C(=O)c2c(Cl)cccc2Cl)c1. The molecule has 0 saturated carbocycles. The molecule has 0 aliphatic carbocycles. The molecular weight excluding hydrogens is 267 g/mol. The molecule has 0 N–H and O–H groups in total. The second-order valence-corrected chi connectivity index (χ2v) is 5.12. The third kappa shape index (κ3) is 2.58. The maximum absolute atomic E-state index is 12.4. The normalized spacial score (nSPS) is 10.4. The van der Waals surface area contributed by atoms with E-state index in [-0.39, 0.29) is 5.78 Å². The van der Waals surface area contributed by atoms with E-state index in [4.69, 9.17) is 23.2 Å². The molecule has 1 nitrogen and oxygen atoms in total. The number of benzene rings is 2. The van der Waals surface area contributed by atoms with Crippen LogP contribution < -0.4 is 0 Å². The third-order valence-electron chi connectivity index (χ3n) is 2.67. The Kier molecular flexibility index (Phi) is 3.74. The Morgan fingerprint density at radius 2 is 1.44 bits per heavy atom. The number of carbonyl (C=O) groups is 1. The number of rotatable bonds is 2. The second-order valence-electron chi connectivity index (χ2n) is 4.30. The monoisotopic (exact) mass is 278 g/mol. The van der Waals surface area contributed by atoms with Gasteiger partial charge < -0.3 is 0 Å². The highest BCUT2D eigenvalue weighted by atomic mass is 35.5. The molecule has 0 amide bonds. The van der Waals surface area contributed by atoms with Gasteiger partial charge in [-0.2, -0.15) is 0 Å². The molecule has 0 saturated heterocycles. The summed E-state index contributed by atoms with van der Waals surface area (Å²) in [6, 6.07) is 10.8. The molecule has 0 aliphatic rings. The van der Waals surface area contributed by atoms with Crippen molar-refractivity contribution in [1.82, 2.24) is 0 Å². The van der Waals surface area contributed by atoms with Gasteiger partial charge in [0.25, 0.3) is 0 Å². The quantitative estimate of drug-likeness (QED) is 0.719. The molecule has 0 atom stereocenters. The van der Waals surface area contributed by atoms with Gasteiger partial charge in [0.05, 0.1) is 15.6 Å². The summed E-state index contributed by atoms with van der Waals surface area (Å²) in [7, 11) is 0. The molecule has 0 spiro atoms. The highest BCUT2D eigenvalue weighted by molar-refractivity contribution is 6.41. The van der Waals surface area contributed by atoms with Crippen LogP contribution in [-0.2, 0) is 0 Å². The van der Waals surface area contributed by atoms with Crippen LogP contribution in [0.15, 0.2) is 36.4 Å². The molecule has 2 aromatic rings. The van der Waals surface area contributed by atoms with E-state index >= 15 is 0 Å². The lowest BCUT2D eigenvalue weighted by molar-refractivity contribution is 0.103. The van der Waals surface area contributed by atoms with Gasteiger partial charge in [0.15, 0.2) is 5.78 Å². The molecule has 0 bridgehead atoms. The first kappa shape index (κ1) is 13.1. The van der Waals surface area contributed by atoms with Gasteiger partial charge in [-0.25, -0.2) is 0 Å². The predicted molar refractivity (Wildman–Crippen MR) is 75.8 cm³/mol. The van der Waals surface area contributed by atoms with Crippen LogP contribution in [0.4, 0.5) is 0 Å². The van der Waals surface area contributed by atoms with E-state index in [0.717, 1.165) is 11.1 Å². The van der Waals surface area contributed by atoms with Gasteiger partial charge in [-0.05, 0) is 38.1 Å². The molecule has 0 fully saturated rings. The summed E-state index contributed by atoms with van der Waals surface area (Å²) in [4.78, 5) is 12.4.